The van der Waals surface area contributed by atoms with Crippen molar-refractivity contribution in [2.24, 2.45) is 0 Å². The second kappa shape index (κ2) is 3.17. The average molecular weight is 212 g/mol. The Morgan fingerprint density at radius 1 is 1.06 bits per heavy atom. The van der Waals surface area contributed by atoms with Crippen LogP contribution in [0.4, 0.5) is 0 Å². The van der Waals surface area contributed by atoms with Gasteiger partial charge >= 0.3 is 0 Å². The lowest BCUT2D eigenvalue weighted by atomic mass is 10.0. The van der Waals surface area contributed by atoms with E-state index in [1.54, 1.807) is 24.3 Å². The van der Waals surface area contributed by atoms with Gasteiger partial charge in [-0.05, 0) is 24.3 Å². The molecule has 1 aromatic heterocycles. The number of carbonyl (C=O) groups excluding carboxylic acids is 1. The zero-order chi connectivity index (χ0) is 11.1. The summed E-state index contributed by atoms with van der Waals surface area (Å²) >= 11 is 0. The normalized spacial score (nSPS) is 14.1. The van der Waals surface area contributed by atoms with Crippen molar-refractivity contribution in [2.45, 2.75) is 6.42 Å². The second-order valence-electron chi connectivity index (χ2n) is 3.75. The fraction of sp³-hybridized carbons (Fsp3) is 0.0769. The first kappa shape index (κ1) is 9.09. The molecule has 0 bridgehead atoms. The Labute approximate surface area is 91.0 Å². The fourth-order valence-electron chi connectivity index (χ4n) is 1.90. The first-order chi connectivity index (χ1) is 7.75. The van der Waals surface area contributed by atoms with Crippen LogP contribution in [0.5, 0.6) is 0 Å². The Morgan fingerprint density at radius 3 is 2.75 bits per heavy atom. The molecule has 1 aromatic carbocycles. The first-order valence-electron chi connectivity index (χ1n) is 5.01. The van der Waals surface area contributed by atoms with Crippen LogP contribution in [0.15, 0.2) is 39.6 Å². The third kappa shape index (κ3) is 1.21. The molecule has 0 radical (unpaired) electrons. The van der Waals surface area contributed by atoms with Crippen molar-refractivity contribution in [3.63, 3.8) is 0 Å². The molecule has 0 aliphatic heterocycles. The van der Waals surface area contributed by atoms with Gasteiger partial charge in [0.05, 0.1) is 10.9 Å². The maximum atomic E-state index is 12.1. The summed E-state index contributed by atoms with van der Waals surface area (Å²) in [5.41, 5.74) is 0.922. The van der Waals surface area contributed by atoms with Crippen LogP contribution in [0.1, 0.15) is 11.3 Å². The molecule has 0 unspecified atom stereocenters. The minimum atomic E-state index is -0.102. The van der Waals surface area contributed by atoms with Gasteiger partial charge in [0.1, 0.15) is 11.3 Å². The van der Waals surface area contributed by atoms with Crippen LogP contribution < -0.4 is 5.43 Å². The Morgan fingerprint density at radius 2 is 1.88 bits per heavy atom. The number of hydrogen-bond donors (Lipinski definition) is 0. The van der Waals surface area contributed by atoms with E-state index in [1.165, 1.54) is 6.08 Å². The molecule has 0 atom stereocenters. The standard InChI is InChI=1S/C13H8O3/c14-8-5-6-12-10(7-8)13(15)9-3-1-2-4-11(9)16-12/h1-6H,7H2. The molecule has 0 N–H and O–H groups in total. The first-order valence-corrected chi connectivity index (χ1v) is 5.01. The lowest BCUT2D eigenvalue weighted by Crippen LogP contribution is -2.17. The van der Waals surface area contributed by atoms with Gasteiger partial charge < -0.3 is 4.42 Å². The number of ketones is 1. The highest BCUT2D eigenvalue weighted by atomic mass is 16.3. The van der Waals surface area contributed by atoms with Gasteiger partial charge in [-0.3, -0.25) is 9.59 Å². The molecule has 1 aliphatic carbocycles. The lowest BCUT2D eigenvalue weighted by molar-refractivity contribution is -0.114. The van der Waals surface area contributed by atoms with Crippen molar-refractivity contribution in [2.75, 3.05) is 0 Å². The highest BCUT2D eigenvalue weighted by molar-refractivity contribution is 5.98. The quantitative estimate of drug-likeness (QED) is 0.670. The van der Waals surface area contributed by atoms with E-state index in [-0.39, 0.29) is 17.6 Å². The molecule has 1 heterocycles. The predicted molar refractivity (Wildman–Crippen MR) is 60.2 cm³/mol. The van der Waals surface area contributed by atoms with Crippen LogP contribution in [0.3, 0.4) is 0 Å². The molecular formula is C13H8O3. The van der Waals surface area contributed by atoms with Gasteiger partial charge in [-0.25, -0.2) is 0 Å². The SMILES string of the molecule is O=C1C=Cc2oc3ccccc3c(=O)c2C1. The van der Waals surface area contributed by atoms with Crippen molar-refractivity contribution in [3.05, 3.63) is 51.9 Å². The second-order valence-corrected chi connectivity index (χ2v) is 3.75. The van der Waals surface area contributed by atoms with E-state index in [1.807, 2.05) is 6.07 Å². The molecule has 0 saturated heterocycles. The highest BCUT2D eigenvalue weighted by Crippen LogP contribution is 2.19. The summed E-state index contributed by atoms with van der Waals surface area (Å²) in [6.45, 7) is 0. The molecule has 2 aromatic rings. The van der Waals surface area contributed by atoms with Gasteiger partial charge in [0.25, 0.3) is 0 Å². The summed E-state index contributed by atoms with van der Waals surface area (Å²) in [5.74, 6) is 0.443. The Bertz CT molecular complexity index is 677. The number of benzene rings is 1. The Balaban J connectivity index is 2.44. The van der Waals surface area contributed by atoms with Gasteiger partial charge in [-0.15, -0.1) is 0 Å². The molecule has 1 aliphatic rings. The van der Waals surface area contributed by atoms with Crippen LogP contribution in [0.2, 0.25) is 0 Å². The largest absolute Gasteiger partial charge is 0.456 e. The van der Waals surface area contributed by atoms with Crippen LogP contribution in [-0.4, -0.2) is 5.78 Å². The minimum absolute atomic E-state index is 0.0601. The Kier molecular flexibility index (Phi) is 1.80. The molecule has 0 saturated carbocycles. The topological polar surface area (TPSA) is 47.3 Å². The predicted octanol–water partition coefficient (Wildman–Crippen LogP) is 1.93. The summed E-state index contributed by atoms with van der Waals surface area (Å²) in [5, 5.41) is 0.532. The third-order valence-electron chi connectivity index (χ3n) is 2.69. The van der Waals surface area contributed by atoms with E-state index in [0.717, 1.165) is 0 Å². The van der Waals surface area contributed by atoms with Crippen molar-refractivity contribution < 1.29 is 9.21 Å². The molecule has 3 rings (SSSR count). The Hall–Kier alpha value is -2.16. The zero-order valence-corrected chi connectivity index (χ0v) is 8.40. The van der Waals surface area contributed by atoms with E-state index in [2.05, 4.69) is 0 Å². The average Bonchev–Trinajstić information content (AvgIpc) is 2.31. The van der Waals surface area contributed by atoms with Crippen LogP contribution in [0.25, 0.3) is 17.0 Å². The fourth-order valence-corrected chi connectivity index (χ4v) is 1.90. The van der Waals surface area contributed by atoms with Crippen LogP contribution in [0, 0.1) is 0 Å². The third-order valence-corrected chi connectivity index (χ3v) is 2.69. The zero-order valence-electron chi connectivity index (χ0n) is 8.40. The van der Waals surface area contributed by atoms with E-state index in [9.17, 15) is 9.59 Å². The summed E-state index contributed by atoms with van der Waals surface area (Å²) in [6.07, 6.45) is 3.15. The molecular weight excluding hydrogens is 204 g/mol. The molecule has 0 fully saturated rings. The van der Waals surface area contributed by atoms with E-state index in [0.29, 0.717) is 22.3 Å². The molecule has 16 heavy (non-hydrogen) atoms. The molecule has 0 spiro atoms. The number of allylic oxidation sites excluding steroid dienone is 1. The van der Waals surface area contributed by atoms with Gasteiger partial charge in [0.2, 0.25) is 0 Å². The smallest absolute Gasteiger partial charge is 0.196 e. The molecule has 3 nitrogen and oxygen atoms in total. The maximum Gasteiger partial charge on any atom is 0.196 e. The molecule has 0 amide bonds. The van der Waals surface area contributed by atoms with Crippen molar-refractivity contribution in [3.8, 4) is 0 Å². The van der Waals surface area contributed by atoms with Gasteiger partial charge in [-0.1, -0.05) is 12.1 Å². The van der Waals surface area contributed by atoms with E-state index < -0.39 is 0 Å². The number of rotatable bonds is 0. The number of carbonyl (C=O) groups is 1. The number of fused-ring (bicyclic) bond motifs is 2. The molecule has 78 valence electrons. The molecule has 3 heteroatoms. The van der Waals surface area contributed by atoms with Gasteiger partial charge in [0.15, 0.2) is 11.2 Å². The van der Waals surface area contributed by atoms with Crippen molar-refractivity contribution >= 4 is 22.8 Å². The maximum absolute atomic E-state index is 12.1. The number of para-hydroxylation sites is 1. The number of hydrogen-bond acceptors (Lipinski definition) is 3. The summed E-state index contributed by atoms with van der Waals surface area (Å²) < 4.78 is 5.57. The van der Waals surface area contributed by atoms with Crippen LogP contribution >= 0.6 is 0 Å². The van der Waals surface area contributed by atoms with Crippen molar-refractivity contribution in [1.82, 2.24) is 0 Å². The van der Waals surface area contributed by atoms with Gasteiger partial charge in [-0.2, -0.15) is 0 Å². The van der Waals surface area contributed by atoms with E-state index in [4.69, 9.17) is 4.42 Å². The van der Waals surface area contributed by atoms with Crippen LogP contribution in [-0.2, 0) is 11.2 Å². The monoisotopic (exact) mass is 212 g/mol. The summed E-state index contributed by atoms with van der Waals surface area (Å²) in [4.78, 5) is 23.3. The van der Waals surface area contributed by atoms with Crippen molar-refractivity contribution in [1.29, 1.82) is 0 Å². The minimum Gasteiger partial charge on any atom is -0.456 e. The van der Waals surface area contributed by atoms with E-state index >= 15 is 0 Å². The lowest BCUT2D eigenvalue weighted by Gasteiger charge is -2.08. The highest BCUT2D eigenvalue weighted by Gasteiger charge is 2.17. The van der Waals surface area contributed by atoms with Gasteiger partial charge in [0, 0.05) is 6.42 Å². The summed E-state index contributed by atoms with van der Waals surface area (Å²) in [7, 11) is 0. The summed E-state index contributed by atoms with van der Waals surface area (Å²) in [6, 6.07) is 7.06.